The first-order valence-electron chi connectivity index (χ1n) is 6.62. The number of nitrogens with zero attached hydrogens (tertiary/aromatic N) is 1. The maximum absolute atomic E-state index is 12.2. The van der Waals surface area contributed by atoms with Gasteiger partial charge in [0.1, 0.15) is 12.4 Å². The van der Waals surface area contributed by atoms with E-state index < -0.39 is 0 Å². The van der Waals surface area contributed by atoms with Gasteiger partial charge in [-0.15, -0.1) is 11.3 Å². The Balaban J connectivity index is 1.59. The largest absolute Gasteiger partial charge is 0.492 e. The molecular weight excluding hydrogens is 272 g/mol. The standard InChI is InChI=1S/C15H16N2O2S/c1-10-17-13(9-20-10)7-16-15(18)12-6-11-4-2-3-5-14(11)19-8-12/h2-5,9,12H,6-8H2,1H3,(H,16,18)/t12-/m1/s1. The van der Waals surface area contributed by atoms with Crippen LogP contribution in [0, 0.1) is 12.8 Å². The summed E-state index contributed by atoms with van der Waals surface area (Å²) in [5, 5.41) is 5.93. The van der Waals surface area contributed by atoms with Crippen molar-refractivity contribution in [3.05, 3.63) is 45.9 Å². The number of aryl methyl sites for hydroxylation is 1. The molecule has 0 saturated carbocycles. The van der Waals surface area contributed by atoms with Crippen molar-refractivity contribution in [2.75, 3.05) is 6.61 Å². The quantitative estimate of drug-likeness (QED) is 0.943. The molecule has 0 saturated heterocycles. The minimum Gasteiger partial charge on any atom is -0.492 e. The normalized spacial score (nSPS) is 17.1. The first-order chi connectivity index (χ1) is 9.72. The lowest BCUT2D eigenvalue weighted by Gasteiger charge is -2.24. The number of fused-ring (bicyclic) bond motifs is 1. The Morgan fingerprint density at radius 3 is 3.15 bits per heavy atom. The van der Waals surface area contributed by atoms with Gasteiger partial charge in [-0.25, -0.2) is 4.98 Å². The highest BCUT2D eigenvalue weighted by atomic mass is 32.1. The Hall–Kier alpha value is -1.88. The zero-order valence-corrected chi connectivity index (χ0v) is 12.1. The van der Waals surface area contributed by atoms with E-state index in [1.165, 1.54) is 0 Å². The summed E-state index contributed by atoms with van der Waals surface area (Å²) >= 11 is 1.60. The van der Waals surface area contributed by atoms with E-state index in [4.69, 9.17) is 4.74 Å². The third-order valence-corrected chi connectivity index (χ3v) is 4.18. The minimum absolute atomic E-state index is 0.0326. The van der Waals surface area contributed by atoms with Crippen LogP contribution in [0.15, 0.2) is 29.6 Å². The average molecular weight is 288 g/mol. The second-order valence-corrected chi connectivity index (χ2v) is 5.96. The molecule has 2 aromatic rings. The predicted molar refractivity (Wildman–Crippen MR) is 77.8 cm³/mol. The highest BCUT2D eigenvalue weighted by Gasteiger charge is 2.25. The van der Waals surface area contributed by atoms with E-state index in [9.17, 15) is 4.79 Å². The number of aromatic nitrogens is 1. The highest BCUT2D eigenvalue weighted by molar-refractivity contribution is 7.09. The second kappa shape index (κ2) is 5.63. The number of nitrogens with one attached hydrogen (secondary N) is 1. The van der Waals surface area contributed by atoms with Gasteiger partial charge in [-0.3, -0.25) is 4.79 Å². The zero-order valence-electron chi connectivity index (χ0n) is 11.3. The topological polar surface area (TPSA) is 51.2 Å². The number of para-hydroxylation sites is 1. The summed E-state index contributed by atoms with van der Waals surface area (Å²) < 4.78 is 5.64. The van der Waals surface area contributed by atoms with Gasteiger partial charge in [-0.05, 0) is 25.0 Å². The van der Waals surface area contributed by atoms with Crippen LogP contribution in [0.25, 0.3) is 0 Å². The molecule has 1 amide bonds. The highest BCUT2D eigenvalue weighted by Crippen LogP contribution is 2.26. The van der Waals surface area contributed by atoms with Gasteiger partial charge in [0.2, 0.25) is 5.91 Å². The van der Waals surface area contributed by atoms with E-state index in [0.717, 1.165) is 28.4 Å². The van der Waals surface area contributed by atoms with E-state index >= 15 is 0 Å². The number of ether oxygens (including phenoxy) is 1. The number of carbonyl (C=O) groups is 1. The molecule has 0 unspecified atom stereocenters. The summed E-state index contributed by atoms with van der Waals surface area (Å²) in [5.41, 5.74) is 2.02. The molecule has 1 aromatic heterocycles. The molecule has 3 rings (SSSR count). The summed E-state index contributed by atoms with van der Waals surface area (Å²) in [6.07, 6.45) is 0.734. The molecule has 1 aliphatic heterocycles. The van der Waals surface area contributed by atoms with E-state index in [1.807, 2.05) is 36.6 Å². The maximum atomic E-state index is 12.2. The van der Waals surface area contributed by atoms with Gasteiger partial charge < -0.3 is 10.1 Å². The number of thiazole rings is 1. The average Bonchev–Trinajstić information content (AvgIpc) is 2.90. The van der Waals surface area contributed by atoms with E-state index in [0.29, 0.717) is 13.2 Å². The van der Waals surface area contributed by atoms with Crippen molar-refractivity contribution in [1.29, 1.82) is 0 Å². The Kier molecular flexibility index (Phi) is 3.69. The van der Waals surface area contributed by atoms with Gasteiger partial charge in [0.05, 0.1) is 23.2 Å². The van der Waals surface area contributed by atoms with Gasteiger partial charge in [0.25, 0.3) is 0 Å². The summed E-state index contributed by atoms with van der Waals surface area (Å²) in [6.45, 7) is 2.89. The predicted octanol–water partition coefficient (Wildman–Crippen LogP) is 2.32. The molecule has 0 spiro atoms. The number of benzene rings is 1. The van der Waals surface area contributed by atoms with Crippen molar-refractivity contribution in [2.45, 2.75) is 19.9 Å². The number of hydrogen-bond donors (Lipinski definition) is 1. The van der Waals surface area contributed by atoms with Gasteiger partial charge in [0, 0.05) is 5.38 Å². The van der Waals surface area contributed by atoms with Crippen LogP contribution >= 0.6 is 11.3 Å². The SMILES string of the molecule is Cc1nc(CNC(=O)[C@H]2COc3ccccc3C2)cs1. The molecule has 20 heavy (non-hydrogen) atoms. The second-order valence-electron chi connectivity index (χ2n) is 4.90. The first kappa shape index (κ1) is 13.1. The number of rotatable bonds is 3. The summed E-state index contributed by atoms with van der Waals surface area (Å²) in [7, 11) is 0. The van der Waals surface area contributed by atoms with E-state index in [-0.39, 0.29) is 11.8 Å². The molecule has 2 heterocycles. The molecule has 0 radical (unpaired) electrons. The van der Waals surface area contributed by atoms with Crippen LogP contribution in [0.4, 0.5) is 0 Å². The van der Waals surface area contributed by atoms with Gasteiger partial charge in [-0.2, -0.15) is 0 Å². The lowest BCUT2D eigenvalue weighted by Crippen LogP contribution is -2.37. The summed E-state index contributed by atoms with van der Waals surface area (Å²) in [4.78, 5) is 16.5. The molecule has 1 atom stereocenters. The van der Waals surface area contributed by atoms with Crippen LogP contribution in [-0.4, -0.2) is 17.5 Å². The zero-order chi connectivity index (χ0) is 13.9. The molecule has 5 heteroatoms. The lowest BCUT2D eigenvalue weighted by molar-refractivity contribution is -0.126. The van der Waals surface area contributed by atoms with Crippen LogP contribution < -0.4 is 10.1 Å². The molecule has 104 valence electrons. The van der Waals surface area contributed by atoms with Crippen LogP contribution in [-0.2, 0) is 17.8 Å². The molecule has 1 N–H and O–H groups in total. The van der Waals surface area contributed by atoms with E-state index in [2.05, 4.69) is 10.3 Å². The van der Waals surface area contributed by atoms with Crippen molar-refractivity contribution >= 4 is 17.2 Å². The molecule has 1 aliphatic rings. The third-order valence-electron chi connectivity index (χ3n) is 3.36. The van der Waals surface area contributed by atoms with Crippen molar-refractivity contribution < 1.29 is 9.53 Å². The van der Waals surface area contributed by atoms with Crippen molar-refractivity contribution in [1.82, 2.24) is 10.3 Å². The van der Waals surface area contributed by atoms with Crippen LogP contribution in [0.2, 0.25) is 0 Å². The smallest absolute Gasteiger partial charge is 0.227 e. The monoisotopic (exact) mass is 288 g/mol. The molecule has 0 fully saturated rings. The Bertz CT molecular complexity index is 624. The van der Waals surface area contributed by atoms with Crippen LogP contribution in [0.3, 0.4) is 0 Å². The molecule has 0 bridgehead atoms. The molecular formula is C15H16N2O2S. The maximum Gasteiger partial charge on any atom is 0.227 e. The first-order valence-corrected chi connectivity index (χ1v) is 7.50. The van der Waals surface area contributed by atoms with Crippen LogP contribution in [0.5, 0.6) is 5.75 Å². The fourth-order valence-corrected chi connectivity index (χ4v) is 2.92. The van der Waals surface area contributed by atoms with Gasteiger partial charge >= 0.3 is 0 Å². The van der Waals surface area contributed by atoms with Crippen molar-refractivity contribution in [3.63, 3.8) is 0 Å². The third kappa shape index (κ3) is 2.82. The van der Waals surface area contributed by atoms with Gasteiger partial charge in [-0.1, -0.05) is 18.2 Å². The fraction of sp³-hybridized carbons (Fsp3) is 0.333. The fourth-order valence-electron chi connectivity index (χ4n) is 2.31. The van der Waals surface area contributed by atoms with E-state index in [1.54, 1.807) is 11.3 Å². The Morgan fingerprint density at radius 1 is 1.50 bits per heavy atom. The lowest BCUT2D eigenvalue weighted by atomic mass is 9.96. The Labute approximate surface area is 121 Å². The molecule has 4 nitrogen and oxygen atoms in total. The minimum atomic E-state index is -0.121. The van der Waals surface area contributed by atoms with Crippen LogP contribution in [0.1, 0.15) is 16.3 Å². The Morgan fingerprint density at radius 2 is 2.35 bits per heavy atom. The van der Waals surface area contributed by atoms with Crippen molar-refractivity contribution in [3.8, 4) is 5.75 Å². The number of amides is 1. The van der Waals surface area contributed by atoms with Crippen molar-refractivity contribution in [2.24, 2.45) is 5.92 Å². The summed E-state index contributed by atoms with van der Waals surface area (Å²) in [5.74, 6) is 0.807. The molecule has 0 aliphatic carbocycles. The molecule has 1 aromatic carbocycles. The number of hydrogen-bond acceptors (Lipinski definition) is 4. The summed E-state index contributed by atoms with van der Waals surface area (Å²) in [6, 6.07) is 7.88. The number of carbonyl (C=O) groups excluding carboxylic acids is 1. The van der Waals surface area contributed by atoms with Gasteiger partial charge in [0.15, 0.2) is 0 Å².